The molecule has 1 aromatic heterocycles. The monoisotopic (exact) mass is 320 g/mol. The van der Waals surface area contributed by atoms with Gasteiger partial charge in [0.15, 0.2) is 0 Å². The number of rotatable bonds is 6. The van der Waals surface area contributed by atoms with Crippen molar-refractivity contribution in [3.63, 3.8) is 0 Å². The molecule has 0 unspecified atom stereocenters. The van der Waals surface area contributed by atoms with Gasteiger partial charge < -0.3 is 15.1 Å². The second kappa shape index (κ2) is 7.51. The summed E-state index contributed by atoms with van der Waals surface area (Å²) in [5.74, 6) is 0.862. The van der Waals surface area contributed by atoms with Crippen molar-refractivity contribution in [2.45, 2.75) is 19.9 Å². The maximum Gasteiger partial charge on any atom is 0.228 e. The molecule has 1 amide bonds. The van der Waals surface area contributed by atoms with E-state index in [1.165, 1.54) is 5.56 Å². The SMILES string of the molecule is Cc1ccc(CC(=O)Nc2ccc(NCc3ccco3)cc2)cc1. The molecule has 4 nitrogen and oxygen atoms in total. The van der Waals surface area contributed by atoms with Crippen LogP contribution in [0.2, 0.25) is 0 Å². The predicted molar refractivity (Wildman–Crippen MR) is 96.0 cm³/mol. The molecule has 4 heteroatoms. The van der Waals surface area contributed by atoms with Crippen molar-refractivity contribution < 1.29 is 9.21 Å². The molecule has 0 atom stereocenters. The minimum absolute atomic E-state index is 0.0184. The molecule has 0 saturated heterocycles. The van der Waals surface area contributed by atoms with E-state index in [2.05, 4.69) is 10.6 Å². The number of hydrogen-bond acceptors (Lipinski definition) is 3. The maximum absolute atomic E-state index is 12.1. The Bertz CT molecular complexity index is 776. The summed E-state index contributed by atoms with van der Waals surface area (Å²) in [6.07, 6.45) is 2.03. The highest BCUT2D eigenvalue weighted by Crippen LogP contribution is 2.15. The lowest BCUT2D eigenvalue weighted by molar-refractivity contribution is -0.115. The third kappa shape index (κ3) is 4.49. The van der Waals surface area contributed by atoms with Crippen molar-refractivity contribution in [3.8, 4) is 0 Å². The Labute approximate surface area is 141 Å². The topological polar surface area (TPSA) is 54.3 Å². The van der Waals surface area contributed by atoms with Crippen LogP contribution in [0, 0.1) is 6.92 Å². The normalized spacial score (nSPS) is 10.4. The molecule has 0 saturated carbocycles. The van der Waals surface area contributed by atoms with Crippen molar-refractivity contribution in [2.24, 2.45) is 0 Å². The number of aryl methyl sites for hydroxylation is 1. The summed E-state index contributed by atoms with van der Waals surface area (Å²) < 4.78 is 5.28. The highest BCUT2D eigenvalue weighted by Gasteiger charge is 2.04. The Hall–Kier alpha value is -3.01. The largest absolute Gasteiger partial charge is 0.467 e. The van der Waals surface area contributed by atoms with Crippen LogP contribution in [-0.2, 0) is 17.8 Å². The van der Waals surface area contributed by atoms with Gasteiger partial charge in [0.25, 0.3) is 0 Å². The standard InChI is InChI=1S/C20H20N2O2/c1-15-4-6-16(7-5-15)13-20(23)22-18-10-8-17(9-11-18)21-14-19-3-2-12-24-19/h2-12,21H,13-14H2,1H3,(H,22,23). The first-order chi connectivity index (χ1) is 11.7. The van der Waals surface area contributed by atoms with E-state index >= 15 is 0 Å². The van der Waals surface area contributed by atoms with Gasteiger partial charge in [0.1, 0.15) is 5.76 Å². The number of benzene rings is 2. The molecule has 0 radical (unpaired) electrons. The molecule has 1 heterocycles. The van der Waals surface area contributed by atoms with Gasteiger partial charge in [-0.25, -0.2) is 0 Å². The first-order valence-corrected chi connectivity index (χ1v) is 7.91. The van der Waals surface area contributed by atoms with Crippen molar-refractivity contribution in [1.29, 1.82) is 0 Å². The van der Waals surface area contributed by atoms with Gasteiger partial charge in [-0.05, 0) is 48.9 Å². The molecule has 2 N–H and O–H groups in total. The number of carbonyl (C=O) groups excluding carboxylic acids is 1. The zero-order chi connectivity index (χ0) is 16.8. The molecule has 122 valence electrons. The molecule has 3 aromatic rings. The van der Waals surface area contributed by atoms with E-state index in [4.69, 9.17) is 4.42 Å². The lowest BCUT2D eigenvalue weighted by atomic mass is 10.1. The van der Waals surface area contributed by atoms with Gasteiger partial charge in [0, 0.05) is 11.4 Å². The lowest BCUT2D eigenvalue weighted by Gasteiger charge is -2.08. The highest BCUT2D eigenvalue weighted by molar-refractivity contribution is 5.92. The summed E-state index contributed by atoms with van der Waals surface area (Å²) >= 11 is 0. The van der Waals surface area contributed by atoms with Crippen LogP contribution in [-0.4, -0.2) is 5.91 Å². The molecular weight excluding hydrogens is 300 g/mol. The molecule has 0 bridgehead atoms. The molecule has 0 aliphatic heterocycles. The number of carbonyl (C=O) groups is 1. The van der Waals surface area contributed by atoms with Crippen LogP contribution < -0.4 is 10.6 Å². The van der Waals surface area contributed by atoms with E-state index in [1.54, 1.807) is 6.26 Å². The fourth-order valence-corrected chi connectivity index (χ4v) is 2.37. The van der Waals surface area contributed by atoms with E-state index < -0.39 is 0 Å². The first kappa shape index (κ1) is 15.9. The Morgan fingerprint density at radius 2 is 1.67 bits per heavy atom. The van der Waals surface area contributed by atoms with Crippen LogP contribution in [0.15, 0.2) is 71.3 Å². The summed E-state index contributed by atoms with van der Waals surface area (Å²) in [5.41, 5.74) is 3.96. The smallest absolute Gasteiger partial charge is 0.228 e. The van der Waals surface area contributed by atoms with Crippen LogP contribution in [0.5, 0.6) is 0 Å². The van der Waals surface area contributed by atoms with Crippen LogP contribution in [0.4, 0.5) is 11.4 Å². The lowest BCUT2D eigenvalue weighted by Crippen LogP contribution is -2.14. The molecule has 2 aromatic carbocycles. The van der Waals surface area contributed by atoms with Gasteiger partial charge in [-0.2, -0.15) is 0 Å². The van der Waals surface area contributed by atoms with Crippen LogP contribution in [0.1, 0.15) is 16.9 Å². The Morgan fingerprint density at radius 1 is 0.958 bits per heavy atom. The third-order valence-electron chi connectivity index (χ3n) is 3.70. The van der Waals surface area contributed by atoms with Gasteiger partial charge in [0.05, 0.1) is 19.2 Å². The average Bonchev–Trinajstić information content (AvgIpc) is 3.10. The van der Waals surface area contributed by atoms with Crippen molar-refractivity contribution in [2.75, 3.05) is 10.6 Å². The van der Waals surface area contributed by atoms with Crippen LogP contribution >= 0.6 is 0 Å². The van der Waals surface area contributed by atoms with Gasteiger partial charge in [-0.1, -0.05) is 29.8 Å². The fraction of sp³-hybridized carbons (Fsp3) is 0.150. The molecule has 24 heavy (non-hydrogen) atoms. The predicted octanol–water partition coefficient (Wildman–Crippen LogP) is 4.38. The number of hydrogen-bond donors (Lipinski definition) is 2. The van der Waals surface area contributed by atoms with Gasteiger partial charge >= 0.3 is 0 Å². The number of furan rings is 1. The number of nitrogens with one attached hydrogen (secondary N) is 2. The second-order valence-corrected chi connectivity index (χ2v) is 5.72. The molecule has 0 spiro atoms. The Morgan fingerprint density at radius 3 is 2.33 bits per heavy atom. The zero-order valence-electron chi connectivity index (χ0n) is 13.6. The average molecular weight is 320 g/mol. The van der Waals surface area contributed by atoms with E-state index in [1.807, 2.05) is 67.6 Å². The second-order valence-electron chi connectivity index (χ2n) is 5.72. The first-order valence-electron chi connectivity index (χ1n) is 7.91. The Balaban J connectivity index is 1.51. The maximum atomic E-state index is 12.1. The minimum atomic E-state index is -0.0184. The summed E-state index contributed by atoms with van der Waals surface area (Å²) in [6, 6.07) is 19.4. The molecular formula is C20H20N2O2. The van der Waals surface area contributed by atoms with Crippen molar-refractivity contribution in [3.05, 3.63) is 83.8 Å². The van der Waals surface area contributed by atoms with Gasteiger partial charge in [-0.3, -0.25) is 4.79 Å². The van der Waals surface area contributed by atoms with E-state index in [0.717, 1.165) is 22.7 Å². The summed E-state index contributed by atoms with van der Waals surface area (Å²) in [7, 11) is 0. The Kier molecular flexibility index (Phi) is 4.96. The van der Waals surface area contributed by atoms with E-state index in [9.17, 15) is 4.79 Å². The third-order valence-corrected chi connectivity index (χ3v) is 3.70. The summed E-state index contributed by atoms with van der Waals surface area (Å²) in [4.78, 5) is 12.1. The van der Waals surface area contributed by atoms with Gasteiger partial charge in [-0.15, -0.1) is 0 Å². The van der Waals surface area contributed by atoms with E-state index in [0.29, 0.717) is 13.0 Å². The fourth-order valence-electron chi connectivity index (χ4n) is 2.37. The van der Waals surface area contributed by atoms with Gasteiger partial charge in [0.2, 0.25) is 5.91 Å². The zero-order valence-corrected chi connectivity index (χ0v) is 13.6. The summed E-state index contributed by atoms with van der Waals surface area (Å²) in [6.45, 7) is 2.66. The van der Waals surface area contributed by atoms with Crippen molar-refractivity contribution >= 4 is 17.3 Å². The van der Waals surface area contributed by atoms with Crippen molar-refractivity contribution in [1.82, 2.24) is 0 Å². The quantitative estimate of drug-likeness (QED) is 0.708. The molecule has 3 rings (SSSR count). The number of anilines is 2. The molecule has 0 fully saturated rings. The molecule has 0 aliphatic carbocycles. The summed E-state index contributed by atoms with van der Waals surface area (Å²) in [5, 5.41) is 6.18. The molecule has 0 aliphatic rings. The van der Waals surface area contributed by atoms with E-state index in [-0.39, 0.29) is 5.91 Å². The number of amides is 1. The van der Waals surface area contributed by atoms with Crippen LogP contribution in [0.3, 0.4) is 0 Å². The highest BCUT2D eigenvalue weighted by atomic mass is 16.3. The minimum Gasteiger partial charge on any atom is -0.467 e. The van der Waals surface area contributed by atoms with Crippen LogP contribution in [0.25, 0.3) is 0 Å².